The van der Waals surface area contributed by atoms with Crippen LogP contribution in [-0.4, -0.2) is 29.0 Å². The normalized spacial score (nSPS) is 25.7. The van der Waals surface area contributed by atoms with Crippen LogP contribution in [0.5, 0.6) is 0 Å². The van der Waals surface area contributed by atoms with Crippen molar-refractivity contribution in [3.63, 3.8) is 0 Å². The van der Waals surface area contributed by atoms with Crippen molar-refractivity contribution in [3.05, 3.63) is 41.2 Å². The second kappa shape index (κ2) is 6.19. The lowest BCUT2D eigenvalue weighted by Crippen LogP contribution is -2.42. The number of carbonyl (C=O) groups is 1. The Morgan fingerprint density at radius 3 is 2.78 bits per heavy atom. The maximum absolute atomic E-state index is 12.4. The minimum atomic E-state index is -0.0138. The second-order valence-corrected chi connectivity index (χ2v) is 7.34. The van der Waals surface area contributed by atoms with Crippen LogP contribution in [0, 0.1) is 0 Å². The lowest BCUT2D eigenvalue weighted by molar-refractivity contribution is 0.0931. The molecule has 120 valence electrons. The molecular weight excluding hydrogens is 334 g/mol. The molecule has 23 heavy (non-hydrogen) atoms. The third-order valence-corrected chi connectivity index (χ3v) is 5.44. The number of fused-ring (bicyclic) bond motifs is 2. The van der Waals surface area contributed by atoms with Gasteiger partial charge in [0.15, 0.2) is 5.15 Å². The van der Waals surface area contributed by atoms with Crippen molar-refractivity contribution < 1.29 is 9.21 Å². The van der Waals surface area contributed by atoms with Gasteiger partial charge in [-0.2, -0.15) is 4.98 Å². The van der Waals surface area contributed by atoms with Gasteiger partial charge in [0.05, 0.1) is 0 Å². The van der Waals surface area contributed by atoms with Gasteiger partial charge in [0.1, 0.15) is 6.26 Å². The van der Waals surface area contributed by atoms with Crippen molar-refractivity contribution in [2.24, 2.45) is 0 Å². The third-order valence-electron chi connectivity index (χ3n) is 4.39. The molecular formula is C16H16ClN3O2S. The zero-order valence-electron chi connectivity index (χ0n) is 12.3. The molecule has 5 nitrogen and oxygen atoms in total. The monoisotopic (exact) mass is 349 g/mol. The van der Waals surface area contributed by atoms with E-state index >= 15 is 0 Å². The Kier molecular flexibility index (Phi) is 4.05. The Labute approximate surface area is 143 Å². The third kappa shape index (κ3) is 3.24. The van der Waals surface area contributed by atoms with Crippen molar-refractivity contribution in [2.75, 3.05) is 0 Å². The molecule has 2 bridgehead atoms. The molecule has 2 aromatic rings. The summed E-state index contributed by atoms with van der Waals surface area (Å²) in [5, 5.41) is 7.49. The van der Waals surface area contributed by atoms with E-state index in [2.05, 4.69) is 15.6 Å². The van der Waals surface area contributed by atoms with Crippen molar-refractivity contribution in [3.8, 4) is 0 Å². The van der Waals surface area contributed by atoms with E-state index in [0.29, 0.717) is 28.0 Å². The summed E-state index contributed by atoms with van der Waals surface area (Å²) in [6.45, 7) is 0. The maximum atomic E-state index is 12.4. The molecule has 7 heteroatoms. The highest BCUT2D eigenvalue weighted by molar-refractivity contribution is 7.99. The summed E-state index contributed by atoms with van der Waals surface area (Å²) in [4.78, 5) is 17.3. The fourth-order valence-corrected chi connectivity index (χ4v) is 4.18. The highest BCUT2D eigenvalue weighted by Gasteiger charge is 2.39. The molecule has 0 aliphatic carbocycles. The van der Waals surface area contributed by atoms with E-state index in [4.69, 9.17) is 16.0 Å². The molecule has 0 radical (unpaired) electrons. The Bertz CT molecular complexity index is 718. The number of nitrogens with zero attached hydrogens (tertiary/aromatic N) is 1. The molecule has 2 saturated heterocycles. The fraction of sp³-hybridized carbons (Fsp3) is 0.375. The predicted octanol–water partition coefficient (Wildman–Crippen LogP) is 3.10. The first-order valence-electron chi connectivity index (χ1n) is 7.63. The molecule has 2 aliphatic heterocycles. The highest BCUT2D eigenvalue weighted by atomic mass is 35.5. The van der Waals surface area contributed by atoms with Crippen LogP contribution in [0.15, 0.2) is 45.1 Å². The Morgan fingerprint density at radius 2 is 2.17 bits per heavy atom. The zero-order chi connectivity index (χ0) is 15.8. The molecule has 3 atom stereocenters. The number of aromatic nitrogens is 1. The van der Waals surface area contributed by atoms with Crippen LogP contribution < -0.4 is 10.6 Å². The van der Waals surface area contributed by atoms with E-state index in [1.54, 1.807) is 0 Å². The molecule has 0 saturated carbocycles. The summed E-state index contributed by atoms with van der Waals surface area (Å²) >= 11 is 7.09. The molecule has 1 aromatic carbocycles. The summed E-state index contributed by atoms with van der Waals surface area (Å²) in [5.74, 6) is -0.0138. The molecule has 1 aromatic heterocycles. The van der Waals surface area contributed by atoms with Gasteiger partial charge in [0.2, 0.25) is 0 Å². The summed E-state index contributed by atoms with van der Waals surface area (Å²) in [6.07, 6.45) is 4.82. The summed E-state index contributed by atoms with van der Waals surface area (Å²) in [7, 11) is 0. The van der Waals surface area contributed by atoms with Crippen LogP contribution in [0.4, 0.5) is 0 Å². The summed E-state index contributed by atoms with van der Waals surface area (Å²) in [6, 6.07) is 8.69. The van der Waals surface area contributed by atoms with Crippen LogP contribution >= 0.6 is 23.4 Å². The topological polar surface area (TPSA) is 67.2 Å². The van der Waals surface area contributed by atoms with Gasteiger partial charge in [-0.1, -0.05) is 11.6 Å². The van der Waals surface area contributed by atoms with Gasteiger partial charge < -0.3 is 15.1 Å². The van der Waals surface area contributed by atoms with Crippen molar-refractivity contribution in [2.45, 2.75) is 47.5 Å². The Morgan fingerprint density at radius 1 is 1.35 bits per heavy atom. The second-order valence-electron chi connectivity index (χ2n) is 5.93. The van der Waals surface area contributed by atoms with E-state index in [-0.39, 0.29) is 11.9 Å². The standard InChI is InChI=1S/C16H16ClN3O2S/c17-14-8-22-16(20-14)23-11-4-1-9(2-5-11)15(21)19-13-7-10-3-6-12(13)18-10/h1-2,4-5,8,10,12-13,18H,3,6-7H2,(H,19,21)/t10-,12+,13-/m1/s1. The molecule has 4 rings (SSSR count). The number of amides is 1. The van der Waals surface area contributed by atoms with Crippen LogP contribution in [0.2, 0.25) is 5.15 Å². The lowest BCUT2D eigenvalue weighted by atomic mass is 9.95. The van der Waals surface area contributed by atoms with Gasteiger partial charge in [0, 0.05) is 28.6 Å². The number of hydrogen-bond acceptors (Lipinski definition) is 5. The summed E-state index contributed by atoms with van der Waals surface area (Å²) in [5.41, 5.74) is 0.669. The average Bonchev–Trinajstić information content (AvgIpc) is 3.25. The highest BCUT2D eigenvalue weighted by Crippen LogP contribution is 2.29. The van der Waals surface area contributed by atoms with Crippen molar-refractivity contribution >= 4 is 29.3 Å². The first-order chi connectivity index (χ1) is 11.2. The molecule has 0 unspecified atom stereocenters. The number of rotatable bonds is 4. The maximum Gasteiger partial charge on any atom is 0.261 e. The Hall–Kier alpha value is -1.50. The largest absolute Gasteiger partial charge is 0.438 e. The minimum absolute atomic E-state index is 0.0138. The molecule has 3 heterocycles. The quantitative estimate of drug-likeness (QED) is 0.887. The number of oxazole rings is 1. The van der Waals surface area contributed by atoms with Gasteiger partial charge in [-0.05, 0) is 55.3 Å². The lowest BCUT2D eigenvalue weighted by Gasteiger charge is -2.21. The first kappa shape index (κ1) is 15.1. The predicted molar refractivity (Wildman–Crippen MR) is 87.9 cm³/mol. The zero-order valence-corrected chi connectivity index (χ0v) is 13.9. The van der Waals surface area contributed by atoms with Gasteiger partial charge in [-0.25, -0.2) is 0 Å². The number of halogens is 1. The van der Waals surface area contributed by atoms with Crippen LogP contribution in [0.1, 0.15) is 29.6 Å². The smallest absolute Gasteiger partial charge is 0.261 e. The van der Waals surface area contributed by atoms with E-state index in [1.807, 2.05) is 24.3 Å². The van der Waals surface area contributed by atoms with E-state index in [0.717, 1.165) is 17.7 Å². The number of benzene rings is 1. The van der Waals surface area contributed by atoms with E-state index in [9.17, 15) is 4.79 Å². The number of hydrogen-bond donors (Lipinski definition) is 2. The first-order valence-corrected chi connectivity index (χ1v) is 8.83. The fourth-order valence-electron chi connectivity index (χ4n) is 3.30. The molecule has 1 amide bonds. The Balaban J connectivity index is 1.38. The summed E-state index contributed by atoms with van der Waals surface area (Å²) < 4.78 is 5.20. The minimum Gasteiger partial charge on any atom is -0.438 e. The van der Waals surface area contributed by atoms with E-state index < -0.39 is 0 Å². The van der Waals surface area contributed by atoms with Crippen LogP contribution in [0.25, 0.3) is 0 Å². The number of nitrogens with one attached hydrogen (secondary N) is 2. The van der Waals surface area contributed by atoms with E-state index in [1.165, 1.54) is 24.4 Å². The molecule has 2 N–H and O–H groups in total. The number of carbonyl (C=O) groups excluding carboxylic acids is 1. The molecule has 2 aliphatic rings. The van der Waals surface area contributed by atoms with Gasteiger partial charge in [-0.3, -0.25) is 4.79 Å². The van der Waals surface area contributed by atoms with Gasteiger partial charge in [-0.15, -0.1) is 0 Å². The molecule has 0 spiro atoms. The average molecular weight is 350 g/mol. The van der Waals surface area contributed by atoms with Crippen LogP contribution in [0.3, 0.4) is 0 Å². The van der Waals surface area contributed by atoms with Gasteiger partial charge >= 0.3 is 0 Å². The van der Waals surface area contributed by atoms with Crippen molar-refractivity contribution in [1.29, 1.82) is 0 Å². The van der Waals surface area contributed by atoms with Crippen molar-refractivity contribution in [1.82, 2.24) is 15.6 Å². The van der Waals surface area contributed by atoms with Crippen LogP contribution in [-0.2, 0) is 0 Å². The molecule has 2 fully saturated rings. The van der Waals surface area contributed by atoms with Gasteiger partial charge in [0.25, 0.3) is 11.1 Å². The SMILES string of the molecule is O=C(N[C@@H]1C[C@H]2CC[C@@H]1N2)c1ccc(Sc2nc(Cl)co2)cc1.